The molecule has 0 amide bonds. The topological polar surface area (TPSA) is 38.7 Å². The third kappa shape index (κ3) is 3.31. The van der Waals surface area contributed by atoms with Crippen LogP contribution in [-0.4, -0.2) is 30.0 Å². The van der Waals surface area contributed by atoms with Crippen molar-refractivity contribution in [3.8, 4) is 0 Å². The van der Waals surface area contributed by atoms with Crippen LogP contribution in [0.15, 0.2) is 24.3 Å². The molecule has 21 heavy (non-hydrogen) atoms. The van der Waals surface area contributed by atoms with E-state index in [1.54, 1.807) is 0 Å². The van der Waals surface area contributed by atoms with Crippen molar-refractivity contribution in [1.29, 1.82) is 0 Å². The molecule has 3 heteroatoms. The fraction of sp³-hybridized carbons (Fsp3) is 0.667. The molecule has 3 rings (SSSR count). The number of hydrogen-bond acceptors (Lipinski definition) is 3. The zero-order valence-electron chi connectivity index (χ0n) is 13.0. The summed E-state index contributed by atoms with van der Waals surface area (Å²) < 4.78 is 11.8. The Morgan fingerprint density at radius 2 is 2.05 bits per heavy atom. The summed E-state index contributed by atoms with van der Waals surface area (Å²) in [6, 6.07) is 8.46. The molecule has 2 aliphatic rings. The normalized spacial score (nSPS) is 33.0. The van der Waals surface area contributed by atoms with E-state index in [0.717, 1.165) is 13.0 Å². The van der Waals surface area contributed by atoms with Gasteiger partial charge in [-0.2, -0.15) is 0 Å². The van der Waals surface area contributed by atoms with Crippen molar-refractivity contribution >= 4 is 0 Å². The molecule has 0 saturated carbocycles. The van der Waals surface area contributed by atoms with Gasteiger partial charge in [0, 0.05) is 19.4 Å². The Bertz CT molecular complexity index is 485. The van der Waals surface area contributed by atoms with Gasteiger partial charge in [0.05, 0.1) is 24.4 Å². The molecule has 3 nitrogen and oxygen atoms in total. The number of ether oxygens (including phenoxy) is 2. The Labute approximate surface area is 127 Å². The summed E-state index contributed by atoms with van der Waals surface area (Å²) >= 11 is 0. The highest BCUT2D eigenvalue weighted by Gasteiger charge is 2.39. The summed E-state index contributed by atoms with van der Waals surface area (Å²) in [5, 5.41) is 11.0. The lowest BCUT2D eigenvalue weighted by molar-refractivity contribution is -0.138. The van der Waals surface area contributed by atoms with Gasteiger partial charge in [-0.25, -0.2) is 0 Å². The van der Waals surface area contributed by atoms with Gasteiger partial charge < -0.3 is 14.6 Å². The van der Waals surface area contributed by atoms with E-state index in [1.165, 1.54) is 11.1 Å². The quantitative estimate of drug-likeness (QED) is 0.928. The van der Waals surface area contributed by atoms with E-state index in [1.807, 2.05) is 0 Å². The van der Waals surface area contributed by atoms with Gasteiger partial charge in [0.15, 0.2) is 0 Å². The third-order valence-electron chi connectivity index (χ3n) is 4.88. The highest BCUT2D eigenvalue weighted by atomic mass is 16.5. The Morgan fingerprint density at radius 3 is 2.86 bits per heavy atom. The summed E-state index contributed by atoms with van der Waals surface area (Å²) in [4.78, 5) is 0. The SMILES string of the molecule is CC(C)C1CC(O)(CC2OCCc3ccccc32)CCO1. The molecule has 1 fully saturated rings. The summed E-state index contributed by atoms with van der Waals surface area (Å²) in [5.41, 5.74) is 1.96. The molecule has 1 N–H and O–H groups in total. The number of hydrogen-bond donors (Lipinski definition) is 1. The Morgan fingerprint density at radius 1 is 1.24 bits per heavy atom. The first-order valence-corrected chi connectivity index (χ1v) is 8.11. The van der Waals surface area contributed by atoms with Crippen molar-refractivity contribution in [3.63, 3.8) is 0 Å². The molecule has 0 radical (unpaired) electrons. The van der Waals surface area contributed by atoms with Crippen LogP contribution < -0.4 is 0 Å². The number of rotatable bonds is 3. The lowest BCUT2D eigenvalue weighted by atomic mass is 9.80. The molecular formula is C18H26O3. The minimum absolute atomic E-state index is 0.0193. The summed E-state index contributed by atoms with van der Waals surface area (Å²) in [7, 11) is 0. The maximum atomic E-state index is 11.0. The molecule has 1 aromatic rings. The molecule has 116 valence electrons. The maximum Gasteiger partial charge on any atom is 0.0855 e. The van der Waals surface area contributed by atoms with Crippen molar-refractivity contribution in [3.05, 3.63) is 35.4 Å². The second kappa shape index (κ2) is 6.07. The highest BCUT2D eigenvalue weighted by Crippen LogP contribution is 2.39. The van der Waals surface area contributed by atoms with Crippen LogP contribution >= 0.6 is 0 Å². The molecule has 0 aliphatic carbocycles. The lowest BCUT2D eigenvalue weighted by Gasteiger charge is -2.41. The summed E-state index contributed by atoms with van der Waals surface area (Å²) in [6.45, 7) is 5.71. The molecule has 0 bridgehead atoms. The first kappa shape index (κ1) is 15.0. The fourth-order valence-electron chi connectivity index (χ4n) is 3.54. The predicted molar refractivity (Wildman–Crippen MR) is 82.2 cm³/mol. The molecule has 2 heterocycles. The molecular weight excluding hydrogens is 264 g/mol. The van der Waals surface area contributed by atoms with Crippen LogP contribution in [0.1, 0.15) is 50.3 Å². The van der Waals surface area contributed by atoms with Crippen LogP contribution in [0.3, 0.4) is 0 Å². The number of fused-ring (bicyclic) bond motifs is 1. The number of benzene rings is 1. The van der Waals surface area contributed by atoms with Crippen molar-refractivity contribution in [2.45, 2.75) is 57.3 Å². The average Bonchev–Trinajstić information content (AvgIpc) is 2.47. The van der Waals surface area contributed by atoms with Crippen LogP contribution in [0.25, 0.3) is 0 Å². The minimum atomic E-state index is -0.664. The van der Waals surface area contributed by atoms with Crippen LogP contribution in [0, 0.1) is 5.92 Å². The van der Waals surface area contributed by atoms with E-state index in [9.17, 15) is 5.11 Å². The standard InChI is InChI=1S/C18H26O3/c1-13(2)16-11-18(19,8-10-21-16)12-17-15-6-4-3-5-14(15)7-9-20-17/h3-6,13,16-17,19H,7-12H2,1-2H3. The molecule has 2 aliphatic heterocycles. The average molecular weight is 290 g/mol. The van der Waals surface area contributed by atoms with Crippen molar-refractivity contribution in [1.82, 2.24) is 0 Å². The van der Waals surface area contributed by atoms with E-state index in [-0.39, 0.29) is 12.2 Å². The van der Waals surface area contributed by atoms with Gasteiger partial charge in [-0.3, -0.25) is 0 Å². The second-order valence-electron chi connectivity index (χ2n) is 6.84. The van der Waals surface area contributed by atoms with Gasteiger partial charge in [0.25, 0.3) is 0 Å². The first-order valence-electron chi connectivity index (χ1n) is 8.11. The predicted octanol–water partition coefficient (Wildman–Crippen LogP) is 3.26. The minimum Gasteiger partial charge on any atom is -0.390 e. The Hall–Kier alpha value is -0.900. The van der Waals surface area contributed by atoms with Gasteiger partial charge in [0.2, 0.25) is 0 Å². The molecule has 3 unspecified atom stereocenters. The molecule has 0 spiro atoms. The molecule has 1 saturated heterocycles. The van der Waals surface area contributed by atoms with Crippen LogP contribution in [0.5, 0.6) is 0 Å². The molecule has 3 atom stereocenters. The van der Waals surface area contributed by atoms with E-state index in [4.69, 9.17) is 9.47 Å². The Balaban J connectivity index is 1.74. The molecule has 1 aromatic carbocycles. The highest BCUT2D eigenvalue weighted by molar-refractivity contribution is 5.31. The van der Waals surface area contributed by atoms with Gasteiger partial charge in [-0.15, -0.1) is 0 Å². The van der Waals surface area contributed by atoms with E-state index >= 15 is 0 Å². The monoisotopic (exact) mass is 290 g/mol. The van der Waals surface area contributed by atoms with E-state index in [0.29, 0.717) is 31.8 Å². The maximum absolute atomic E-state index is 11.0. The lowest BCUT2D eigenvalue weighted by Crippen LogP contribution is -2.44. The van der Waals surface area contributed by atoms with Crippen molar-refractivity contribution < 1.29 is 14.6 Å². The van der Waals surface area contributed by atoms with Gasteiger partial charge in [-0.1, -0.05) is 38.1 Å². The van der Waals surface area contributed by atoms with Crippen molar-refractivity contribution in [2.24, 2.45) is 5.92 Å². The van der Waals surface area contributed by atoms with E-state index in [2.05, 4.69) is 38.1 Å². The molecule has 0 aromatic heterocycles. The zero-order chi connectivity index (χ0) is 14.9. The van der Waals surface area contributed by atoms with E-state index < -0.39 is 5.60 Å². The number of aliphatic hydroxyl groups is 1. The van der Waals surface area contributed by atoms with Gasteiger partial charge in [0.1, 0.15) is 0 Å². The summed E-state index contributed by atoms with van der Waals surface area (Å²) in [6.07, 6.45) is 3.25. The van der Waals surface area contributed by atoms with Crippen LogP contribution in [-0.2, 0) is 15.9 Å². The second-order valence-corrected chi connectivity index (χ2v) is 6.84. The van der Waals surface area contributed by atoms with Gasteiger partial charge >= 0.3 is 0 Å². The van der Waals surface area contributed by atoms with Crippen LogP contribution in [0.4, 0.5) is 0 Å². The first-order chi connectivity index (χ1) is 10.1. The smallest absolute Gasteiger partial charge is 0.0855 e. The van der Waals surface area contributed by atoms with Crippen molar-refractivity contribution in [2.75, 3.05) is 13.2 Å². The van der Waals surface area contributed by atoms with Crippen LogP contribution in [0.2, 0.25) is 0 Å². The fourth-order valence-corrected chi connectivity index (χ4v) is 3.54. The van der Waals surface area contributed by atoms with Gasteiger partial charge in [-0.05, 0) is 29.9 Å². The summed E-state index contributed by atoms with van der Waals surface area (Å²) in [5.74, 6) is 0.441. The largest absolute Gasteiger partial charge is 0.390 e. The Kier molecular flexibility index (Phi) is 4.34. The zero-order valence-corrected chi connectivity index (χ0v) is 13.0. The third-order valence-corrected chi connectivity index (χ3v) is 4.88.